The highest BCUT2D eigenvalue weighted by molar-refractivity contribution is 7.98. The summed E-state index contributed by atoms with van der Waals surface area (Å²) in [5.74, 6) is 0.595. The number of thioether (sulfide) groups is 1. The average Bonchev–Trinajstić information content (AvgIpc) is 2.38. The summed E-state index contributed by atoms with van der Waals surface area (Å²) >= 11 is 1.55. The number of carbonyl (C=O) groups is 1. The molecule has 5 heteroatoms. The Hall–Kier alpha value is -1.20. The van der Waals surface area contributed by atoms with Gasteiger partial charge in [-0.3, -0.25) is 0 Å². The Kier molecular flexibility index (Phi) is 6.73. The molecule has 0 aliphatic carbocycles. The summed E-state index contributed by atoms with van der Waals surface area (Å²) in [5, 5.41) is 15.4. The Labute approximate surface area is 119 Å². The normalized spacial score (nSPS) is 13.6. The zero-order valence-corrected chi connectivity index (χ0v) is 12.3. The van der Waals surface area contributed by atoms with Crippen molar-refractivity contribution in [1.29, 1.82) is 0 Å². The number of aliphatic hydroxyl groups is 1. The van der Waals surface area contributed by atoms with Gasteiger partial charge in [0.2, 0.25) is 0 Å². The molecule has 0 saturated heterocycles. The van der Waals surface area contributed by atoms with Crippen molar-refractivity contribution >= 4 is 17.8 Å². The largest absolute Gasteiger partial charge is 0.387 e. The molecule has 1 aromatic carbocycles. The molecule has 0 aromatic heterocycles. The van der Waals surface area contributed by atoms with Gasteiger partial charge >= 0.3 is 6.03 Å². The highest BCUT2D eigenvalue weighted by Gasteiger charge is 2.20. The number of benzene rings is 1. The van der Waals surface area contributed by atoms with Gasteiger partial charge in [-0.1, -0.05) is 30.3 Å². The van der Waals surface area contributed by atoms with Gasteiger partial charge in [0, 0.05) is 18.8 Å². The maximum absolute atomic E-state index is 11.5. The minimum atomic E-state index is -0.865. The van der Waals surface area contributed by atoms with Gasteiger partial charge in [0.05, 0.1) is 5.60 Å². The van der Waals surface area contributed by atoms with E-state index in [0.29, 0.717) is 12.3 Å². The summed E-state index contributed by atoms with van der Waals surface area (Å²) in [4.78, 5) is 11.5. The Morgan fingerprint density at radius 2 is 2.00 bits per heavy atom. The van der Waals surface area contributed by atoms with Gasteiger partial charge in [0.25, 0.3) is 0 Å². The van der Waals surface area contributed by atoms with Crippen LogP contribution in [0.3, 0.4) is 0 Å². The monoisotopic (exact) mass is 282 g/mol. The zero-order chi connectivity index (χ0) is 14.1. The molecule has 0 spiro atoms. The first kappa shape index (κ1) is 15.9. The van der Waals surface area contributed by atoms with Crippen molar-refractivity contribution < 1.29 is 9.90 Å². The molecule has 0 radical (unpaired) electrons. The van der Waals surface area contributed by atoms with Gasteiger partial charge < -0.3 is 15.7 Å². The van der Waals surface area contributed by atoms with Crippen LogP contribution in [0.5, 0.6) is 0 Å². The molecular formula is C14H22N2O2S. The van der Waals surface area contributed by atoms with Crippen LogP contribution in [0.4, 0.5) is 4.79 Å². The highest BCUT2D eigenvalue weighted by Crippen LogP contribution is 2.08. The SMILES string of the molecule is CSC[C@](C)(O)CNC(=O)NCCc1ccccc1. The summed E-state index contributed by atoms with van der Waals surface area (Å²) in [5.41, 5.74) is 0.327. The van der Waals surface area contributed by atoms with E-state index in [1.54, 1.807) is 18.7 Å². The number of hydrogen-bond acceptors (Lipinski definition) is 3. The Morgan fingerprint density at radius 1 is 1.32 bits per heavy atom. The first-order chi connectivity index (χ1) is 9.03. The second-order valence-corrected chi connectivity index (χ2v) is 5.64. The van der Waals surface area contributed by atoms with Crippen molar-refractivity contribution in [1.82, 2.24) is 10.6 Å². The number of urea groups is 1. The third-order valence-corrected chi connectivity index (χ3v) is 3.54. The van der Waals surface area contributed by atoms with Crippen molar-refractivity contribution in [3.8, 4) is 0 Å². The number of nitrogens with one attached hydrogen (secondary N) is 2. The molecule has 0 unspecified atom stereocenters. The van der Waals surface area contributed by atoms with Crippen LogP contribution in [0.1, 0.15) is 12.5 Å². The zero-order valence-electron chi connectivity index (χ0n) is 11.5. The maximum atomic E-state index is 11.5. The van der Waals surface area contributed by atoms with E-state index in [2.05, 4.69) is 10.6 Å². The van der Waals surface area contributed by atoms with E-state index >= 15 is 0 Å². The van der Waals surface area contributed by atoms with Gasteiger partial charge in [0.1, 0.15) is 0 Å². The van der Waals surface area contributed by atoms with Crippen LogP contribution in [-0.4, -0.2) is 41.8 Å². The molecule has 2 amide bonds. The van der Waals surface area contributed by atoms with Crippen LogP contribution in [0, 0.1) is 0 Å². The number of amides is 2. The molecule has 0 aliphatic rings. The third kappa shape index (κ3) is 7.08. The van der Waals surface area contributed by atoms with Gasteiger partial charge in [-0.25, -0.2) is 4.79 Å². The van der Waals surface area contributed by atoms with Crippen LogP contribution in [0.25, 0.3) is 0 Å². The highest BCUT2D eigenvalue weighted by atomic mass is 32.2. The quantitative estimate of drug-likeness (QED) is 0.712. The van der Waals surface area contributed by atoms with E-state index in [4.69, 9.17) is 0 Å². The molecule has 0 saturated carbocycles. The molecule has 106 valence electrons. The average molecular weight is 282 g/mol. The van der Waals surface area contributed by atoms with Crippen molar-refractivity contribution in [3.05, 3.63) is 35.9 Å². The molecular weight excluding hydrogens is 260 g/mol. The predicted octanol–water partition coefficient (Wildman–Crippen LogP) is 1.64. The lowest BCUT2D eigenvalue weighted by Gasteiger charge is -2.22. The van der Waals surface area contributed by atoms with Crippen LogP contribution >= 0.6 is 11.8 Å². The molecule has 0 fully saturated rings. The molecule has 3 N–H and O–H groups in total. The van der Waals surface area contributed by atoms with E-state index in [-0.39, 0.29) is 12.6 Å². The Bertz CT molecular complexity index is 382. The number of carbonyl (C=O) groups excluding carboxylic acids is 1. The van der Waals surface area contributed by atoms with Gasteiger partial charge in [-0.15, -0.1) is 0 Å². The van der Waals surface area contributed by atoms with Crippen molar-refractivity contribution in [3.63, 3.8) is 0 Å². The smallest absolute Gasteiger partial charge is 0.314 e. The predicted molar refractivity (Wildman–Crippen MR) is 80.6 cm³/mol. The van der Waals surface area contributed by atoms with Crippen LogP contribution in [0.2, 0.25) is 0 Å². The Balaban J connectivity index is 2.18. The lowest BCUT2D eigenvalue weighted by atomic mass is 10.1. The topological polar surface area (TPSA) is 61.4 Å². The minimum absolute atomic E-state index is 0.239. The number of hydrogen-bond donors (Lipinski definition) is 3. The first-order valence-electron chi connectivity index (χ1n) is 6.30. The molecule has 1 atom stereocenters. The fraction of sp³-hybridized carbons (Fsp3) is 0.500. The molecule has 1 rings (SSSR count). The lowest BCUT2D eigenvalue weighted by Crippen LogP contribution is -2.46. The summed E-state index contributed by atoms with van der Waals surface area (Å²) in [6.07, 6.45) is 2.73. The third-order valence-electron chi connectivity index (χ3n) is 2.63. The second kappa shape index (κ2) is 8.07. The van der Waals surface area contributed by atoms with E-state index in [1.165, 1.54) is 5.56 Å². The van der Waals surface area contributed by atoms with Crippen LogP contribution < -0.4 is 10.6 Å². The van der Waals surface area contributed by atoms with Gasteiger partial charge in [-0.2, -0.15) is 11.8 Å². The summed E-state index contributed by atoms with van der Waals surface area (Å²) in [7, 11) is 0. The van der Waals surface area contributed by atoms with Gasteiger partial charge in [-0.05, 0) is 25.2 Å². The van der Waals surface area contributed by atoms with Gasteiger partial charge in [0.15, 0.2) is 0 Å². The van der Waals surface area contributed by atoms with E-state index < -0.39 is 5.60 Å². The van der Waals surface area contributed by atoms with Crippen molar-refractivity contribution in [2.75, 3.05) is 25.1 Å². The summed E-state index contributed by atoms with van der Waals surface area (Å²) < 4.78 is 0. The van der Waals surface area contributed by atoms with E-state index in [9.17, 15) is 9.90 Å². The lowest BCUT2D eigenvalue weighted by molar-refractivity contribution is 0.0869. The molecule has 0 heterocycles. The summed E-state index contributed by atoms with van der Waals surface area (Å²) in [6.45, 7) is 2.55. The molecule has 4 nitrogen and oxygen atoms in total. The first-order valence-corrected chi connectivity index (χ1v) is 7.70. The van der Waals surface area contributed by atoms with Crippen LogP contribution in [-0.2, 0) is 6.42 Å². The molecule has 0 aliphatic heterocycles. The second-order valence-electron chi connectivity index (χ2n) is 4.78. The van der Waals surface area contributed by atoms with E-state index in [1.807, 2.05) is 36.6 Å². The number of rotatable bonds is 7. The fourth-order valence-corrected chi connectivity index (χ4v) is 2.38. The standard InChI is InChI=1S/C14H22N2O2S/c1-14(18,11-19-2)10-16-13(17)15-9-8-12-6-4-3-5-7-12/h3-7,18H,8-11H2,1-2H3,(H2,15,16,17)/t14-/m1/s1. The molecule has 0 bridgehead atoms. The van der Waals surface area contributed by atoms with Crippen molar-refractivity contribution in [2.45, 2.75) is 18.9 Å². The van der Waals surface area contributed by atoms with Crippen LogP contribution in [0.15, 0.2) is 30.3 Å². The van der Waals surface area contributed by atoms with E-state index in [0.717, 1.165) is 6.42 Å². The molecule has 19 heavy (non-hydrogen) atoms. The minimum Gasteiger partial charge on any atom is -0.387 e. The summed E-state index contributed by atoms with van der Waals surface area (Å²) in [6, 6.07) is 9.75. The Morgan fingerprint density at radius 3 is 2.63 bits per heavy atom. The molecule has 1 aromatic rings. The maximum Gasteiger partial charge on any atom is 0.314 e. The fourth-order valence-electron chi connectivity index (χ4n) is 1.66. The van der Waals surface area contributed by atoms with Crippen molar-refractivity contribution in [2.24, 2.45) is 0 Å².